The number of rotatable bonds is 7. The zero-order valence-electron chi connectivity index (χ0n) is 15.8. The van der Waals surface area contributed by atoms with Gasteiger partial charge in [-0.3, -0.25) is 9.59 Å². The highest BCUT2D eigenvalue weighted by molar-refractivity contribution is 6.07. The first kappa shape index (κ1) is 19.2. The molecule has 0 radical (unpaired) electrons. The van der Waals surface area contributed by atoms with E-state index in [0.717, 1.165) is 16.9 Å². The Kier molecular flexibility index (Phi) is 6.11. The van der Waals surface area contributed by atoms with Crippen LogP contribution in [0.15, 0.2) is 65.3 Å². The largest absolute Gasteiger partial charge is 0.496 e. The van der Waals surface area contributed by atoms with Gasteiger partial charge in [-0.2, -0.15) is 0 Å². The summed E-state index contributed by atoms with van der Waals surface area (Å²) in [6.45, 7) is 2.46. The molecule has 0 unspecified atom stereocenters. The third-order valence-electron chi connectivity index (χ3n) is 4.28. The van der Waals surface area contributed by atoms with Crippen molar-refractivity contribution in [3.8, 4) is 5.75 Å². The van der Waals surface area contributed by atoms with E-state index in [4.69, 9.17) is 9.15 Å². The van der Waals surface area contributed by atoms with Crippen molar-refractivity contribution < 1.29 is 18.7 Å². The number of nitrogens with one attached hydrogen (secondary N) is 2. The lowest BCUT2D eigenvalue weighted by Gasteiger charge is -2.12. The summed E-state index contributed by atoms with van der Waals surface area (Å²) in [5.74, 6) is 0.310. The Morgan fingerprint density at radius 3 is 2.61 bits per heavy atom. The first-order chi connectivity index (χ1) is 13.6. The van der Waals surface area contributed by atoms with Crippen LogP contribution in [0, 0.1) is 6.92 Å². The summed E-state index contributed by atoms with van der Waals surface area (Å²) in [7, 11) is 1.63. The number of anilines is 1. The number of methoxy groups -OCH3 is 1. The van der Waals surface area contributed by atoms with Gasteiger partial charge in [-0.25, -0.2) is 0 Å². The topological polar surface area (TPSA) is 80.6 Å². The Balaban J connectivity index is 1.65. The van der Waals surface area contributed by atoms with Crippen LogP contribution in [0.4, 0.5) is 5.69 Å². The molecule has 1 heterocycles. The van der Waals surface area contributed by atoms with Crippen LogP contribution < -0.4 is 15.4 Å². The minimum Gasteiger partial charge on any atom is -0.496 e. The van der Waals surface area contributed by atoms with E-state index in [1.165, 1.54) is 6.26 Å². The van der Waals surface area contributed by atoms with Crippen LogP contribution in [0.2, 0.25) is 0 Å². The fraction of sp³-hybridized carbons (Fsp3) is 0.182. The molecule has 0 atom stereocenters. The number of benzene rings is 2. The Morgan fingerprint density at radius 2 is 1.86 bits per heavy atom. The molecule has 0 saturated carbocycles. The number of amides is 2. The Morgan fingerprint density at radius 1 is 1.04 bits per heavy atom. The van der Waals surface area contributed by atoms with Crippen LogP contribution in [0.25, 0.3) is 0 Å². The number of furan rings is 1. The molecule has 1 aromatic heterocycles. The summed E-state index contributed by atoms with van der Waals surface area (Å²) in [5.41, 5.74) is 2.98. The molecule has 0 saturated heterocycles. The minimum absolute atomic E-state index is 0.182. The molecule has 6 heteroatoms. The van der Waals surface area contributed by atoms with E-state index in [1.54, 1.807) is 43.5 Å². The first-order valence-electron chi connectivity index (χ1n) is 8.94. The van der Waals surface area contributed by atoms with Crippen LogP contribution >= 0.6 is 0 Å². The van der Waals surface area contributed by atoms with Gasteiger partial charge in [0.25, 0.3) is 11.8 Å². The summed E-state index contributed by atoms with van der Waals surface area (Å²) in [6, 6.07) is 16.0. The summed E-state index contributed by atoms with van der Waals surface area (Å²) >= 11 is 0. The molecule has 0 bridgehead atoms. The molecule has 2 amide bonds. The van der Waals surface area contributed by atoms with Crippen molar-refractivity contribution in [3.63, 3.8) is 0 Å². The maximum Gasteiger partial charge on any atom is 0.291 e. The van der Waals surface area contributed by atoms with Crippen molar-refractivity contribution in [1.82, 2.24) is 5.32 Å². The molecule has 0 aliphatic heterocycles. The van der Waals surface area contributed by atoms with Crippen LogP contribution in [-0.4, -0.2) is 25.5 Å². The Hall–Kier alpha value is -3.54. The average molecular weight is 378 g/mol. The van der Waals surface area contributed by atoms with E-state index < -0.39 is 5.91 Å². The summed E-state index contributed by atoms with van der Waals surface area (Å²) in [5, 5.41) is 5.61. The lowest BCUT2D eigenvalue weighted by Crippen LogP contribution is -2.27. The summed E-state index contributed by atoms with van der Waals surface area (Å²) < 4.78 is 10.5. The predicted molar refractivity (Wildman–Crippen MR) is 107 cm³/mol. The number of carbonyl (C=O) groups excluding carboxylic acids is 2. The van der Waals surface area contributed by atoms with Gasteiger partial charge >= 0.3 is 0 Å². The minimum atomic E-state index is -0.408. The molecule has 3 rings (SSSR count). The second-order valence-corrected chi connectivity index (χ2v) is 6.30. The van der Waals surface area contributed by atoms with Gasteiger partial charge in [0.1, 0.15) is 5.75 Å². The number of ether oxygens (including phenoxy) is 1. The van der Waals surface area contributed by atoms with Crippen molar-refractivity contribution in [1.29, 1.82) is 0 Å². The molecule has 3 aromatic rings. The normalized spacial score (nSPS) is 10.4. The summed E-state index contributed by atoms with van der Waals surface area (Å²) in [4.78, 5) is 24.8. The van der Waals surface area contributed by atoms with Crippen LogP contribution in [0.3, 0.4) is 0 Å². The number of hydrogen-bond donors (Lipinski definition) is 2. The highest BCUT2D eigenvalue weighted by Crippen LogP contribution is 2.20. The van der Waals surface area contributed by atoms with Crippen LogP contribution in [0.5, 0.6) is 5.75 Å². The molecule has 0 fully saturated rings. The van der Waals surface area contributed by atoms with Gasteiger partial charge in [-0.1, -0.05) is 29.8 Å². The molecule has 0 aliphatic rings. The quantitative estimate of drug-likeness (QED) is 0.655. The van der Waals surface area contributed by atoms with E-state index in [9.17, 15) is 9.59 Å². The lowest BCUT2D eigenvalue weighted by atomic mass is 10.1. The maximum absolute atomic E-state index is 12.6. The maximum atomic E-state index is 12.6. The highest BCUT2D eigenvalue weighted by atomic mass is 16.5. The zero-order chi connectivity index (χ0) is 19.9. The van der Waals surface area contributed by atoms with Gasteiger partial charge in [0.05, 0.1) is 24.6 Å². The number of aryl methyl sites for hydroxylation is 1. The molecule has 2 aromatic carbocycles. The summed E-state index contributed by atoms with van der Waals surface area (Å²) in [6.07, 6.45) is 2.06. The number of para-hydroxylation sites is 1. The van der Waals surface area contributed by atoms with Crippen molar-refractivity contribution >= 4 is 17.5 Å². The van der Waals surface area contributed by atoms with Gasteiger partial charge in [-0.15, -0.1) is 0 Å². The molecular formula is C22H22N2O4. The standard InChI is InChI=1S/C22H22N2O4/c1-15-9-10-19(27-2)16(14-15)11-12-23-21(25)17-6-3-4-7-18(17)24-22(26)20-8-5-13-28-20/h3-10,13-14H,11-12H2,1-2H3,(H,23,25)(H,24,26). The molecule has 6 nitrogen and oxygen atoms in total. The lowest BCUT2D eigenvalue weighted by molar-refractivity contribution is 0.0955. The fourth-order valence-electron chi connectivity index (χ4n) is 2.89. The van der Waals surface area contributed by atoms with E-state index in [1.807, 2.05) is 25.1 Å². The van der Waals surface area contributed by atoms with Crippen molar-refractivity contribution in [2.75, 3.05) is 19.0 Å². The van der Waals surface area contributed by atoms with E-state index in [-0.39, 0.29) is 11.7 Å². The molecule has 28 heavy (non-hydrogen) atoms. The van der Waals surface area contributed by atoms with Gasteiger partial charge in [0.2, 0.25) is 0 Å². The van der Waals surface area contributed by atoms with Crippen LogP contribution in [0.1, 0.15) is 32.0 Å². The van der Waals surface area contributed by atoms with Gasteiger partial charge in [-0.05, 0) is 49.2 Å². The second kappa shape index (κ2) is 8.90. The van der Waals surface area contributed by atoms with Crippen molar-refractivity contribution in [2.45, 2.75) is 13.3 Å². The number of carbonyl (C=O) groups is 2. The van der Waals surface area contributed by atoms with Crippen molar-refractivity contribution in [2.24, 2.45) is 0 Å². The smallest absolute Gasteiger partial charge is 0.291 e. The molecule has 0 aliphatic carbocycles. The second-order valence-electron chi connectivity index (χ2n) is 6.30. The fourth-order valence-corrected chi connectivity index (χ4v) is 2.89. The Bertz CT molecular complexity index is 964. The van der Waals surface area contributed by atoms with E-state index >= 15 is 0 Å². The van der Waals surface area contributed by atoms with E-state index in [2.05, 4.69) is 10.6 Å². The van der Waals surface area contributed by atoms with Gasteiger partial charge in [0.15, 0.2) is 5.76 Å². The van der Waals surface area contributed by atoms with Crippen LogP contribution in [-0.2, 0) is 6.42 Å². The molecule has 0 spiro atoms. The third-order valence-corrected chi connectivity index (χ3v) is 4.28. The van der Waals surface area contributed by atoms with E-state index in [0.29, 0.717) is 24.2 Å². The van der Waals surface area contributed by atoms with Crippen molar-refractivity contribution in [3.05, 3.63) is 83.3 Å². The zero-order valence-corrected chi connectivity index (χ0v) is 15.8. The molecular weight excluding hydrogens is 356 g/mol. The average Bonchev–Trinajstić information content (AvgIpc) is 3.23. The van der Waals surface area contributed by atoms with Gasteiger partial charge < -0.3 is 19.8 Å². The number of hydrogen-bond acceptors (Lipinski definition) is 4. The van der Waals surface area contributed by atoms with Gasteiger partial charge in [0, 0.05) is 6.54 Å². The molecule has 144 valence electrons. The Labute approximate surface area is 163 Å². The SMILES string of the molecule is COc1ccc(C)cc1CCNC(=O)c1ccccc1NC(=O)c1ccco1. The third kappa shape index (κ3) is 4.59. The predicted octanol–water partition coefficient (Wildman–Crippen LogP) is 3.82. The molecule has 2 N–H and O–H groups in total. The highest BCUT2D eigenvalue weighted by Gasteiger charge is 2.15. The monoisotopic (exact) mass is 378 g/mol. The first-order valence-corrected chi connectivity index (χ1v) is 8.94.